The summed E-state index contributed by atoms with van der Waals surface area (Å²) in [5, 5.41) is 18.2. The number of fused-ring (bicyclic) bond motifs is 16. The van der Waals surface area contributed by atoms with Gasteiger partial charge in [0.25, 0.3) is 0 Å². The van der Waals surface area contributed by atoms with Gasteiger partial charge in [-0.25, -0.2) is 0 Å². The molecule has 0 aliphatic carbocycles. The summed E-state index contributed by atoms with van der Waals surface area (Å²) in [6.07, 6.45) is 0. The first-order valence-electron chi connectivity index (χ1n) is 18.1. The molecule has 0 heteroatoms. The lowest BCUT2D eigenvalue weighted by Gasteiger charge is -2.21. The Hall–Kier alpha value is -6.76. The Bertz CT molecular complexity index is 3190. The zero-order chi connectivity index (χ0) is 34.2. The van der Waals surface area contributed by atoms with Crippen molar-refractivity contribution >= 4 is 75.4 Å². The topological polar surface area (TPSA) is 0 Å². The lowest BCUT2D eigenvalue weighted by molar-refractivity contribution is 1.65. The minimum Gasteiger partial charge on any atom is -0.0622 e. The molecule has 240 valence electrons. The van der Waals surface area contributed by atoms with Gasteiger partial charge in [0.05, 0.1) is 0 Å². The lowest BCUT2D eigenvalue weighted by Crippen LogP contribution is -1.92. The Morgan fingerprint density at radius 1 is 0.154 bits per heavy atom. The molecule has 0 N–H and O–H groups in total. The highest BCUT2D eigenvalue weighted by Gasteiger charge is 2.21. The highest BCUT2D eigenvalue weighted by Crippen LogP contribution is 2.50. The van der Waals surface area contributed by atoms with E-state index in [0.717, 1.165) is 0 Å². The predicted octanol–water partition coefficient (Wildman–Crippen LogP) is 14.8. The van der Waals surface area contributed by atoms with Gasteiger partial charge >= 0.3 is 0 Å². The van der Waals surface area contributed by atoms with Gasteiger partial charge in [-0.05, 0) is 127 Å². The van der Waals surface area contributed by atoms with Crippen LogP contribution in [0.1, 0.15) is 0 Å². The largest absolute Gasteiger partial charge is 0.0622 e. The maximum Gasteiger partial charge on any atom is -0.000741 e. The first-order valence-corrected chi connectivity index (χ1v) is 18.1. The lowest BCUT2D eigenvalue weighted by atomic mass is 9.82. The van der Waals surface area contributed by atoms with Crippen LogP contribution in [0.5, 0.6) is 0 Å². The second-order valence-corrected chi connectivity index (χ2v) is 14.0. The highest BCUT2D eigenvalue weighted by molar-refractivity contribution is 6.46. The van der Waals surface area contributed by atoms with E-state index in [1.54, 1.807) is 0 Å². The van der Waals surface area contributed by atoms with Crippen molar-refractivity contribution in [3.05, 3.63) is 194 Å². The van der Waals surface area contributed by atoms with Gasteiger partial charge < -0.3 is 0 Å². The second kappa shape index (κ2) is 11.4. The van der Waals surface area contributed by atoms with Crippen LogP contribution in [0, 0.1) is 0 Å². The fraction of sp³-hybridized carbons (Fsp3) is 0. The van der Waals surface area contributed by atoms with Gasteiger partial charge in [-0.3, -0.25) is 0 Å². The Kier molecular flexibility index (Phi) is 6.35. The quantitative estimate of drug-likeness (QED) is 0.166. The van der Waals surface area contributed by atoms with Crippen LogP contribution < -0.4 is 0 Å². The first kappa shape index (κ1) is 29.0. The summed E-state index contributed by atoms with van der Waals surface area (Å²) in [5.74, 6) is 0. The van der Waals surface area contributed by atoms with Crippen molar-refractivity contribution in [1.82, 2.24) is 0 Å². The molecule has 0 nitrogen and oxygen atoms in total. The van der Waals surface area contributed by atoms with Gasteiger partial charge in [0, 0.05) is 0 Å². The Morgan fingerprint density at radius 3 is 0.846 bits per heavy atom. The van der Waals surface area contributed by atoms with Crippen molar-refractivity contribution < 1.29 is 0 Å². The monoisotopic (exact) mass is 656 g/mol. The summed E-state index contributed by atoms with van der Waals surface area (Å²) >= 11 is 0. The average molecular weight is 657 g/mol. The van der Waals surface area contributed by atoms with Gasteiger partial charge in [-0.1, -0.05) is 176 Å². The van der Waals surface area contributed by atoms with Crippen molar-refractivity contribution in [3.63, 3.8) is 0 Å². The van der Waals surface area contributed by atoms with Crippen LogP contribution in [-0.4, -0.2) is 0 Å². The fourth-order valence-electron chi connectivity index (χ4n) is 8.86. The van der Waals surface area contributed by atoms with E-state index in [1.165, 1.54) is 109 Å². The summed E-state index contributed by atoms with van der Waals surface area (Å²) in [5.41, 5.74) is 7.39. The molecule has 0 bridgehead atoms. The van der Waals surface area contributed by atoms with Crippen molar-refractivity contribution in [2.75, 3.05) is 0 Å². The molecule has 11 aromatic carbocycles. The number of hydrogen-bond acceptors (Lipinski definition) is 0. The number of rotatable bonds is 3. The van der Waals surface area contributed by atoms with E-state index >= 15 is 0 Å². The van der Waals surface area contributed by atoms with Crippen molar-refractivity contribution in [2.45, 2.75) is 0 Å². The van der Waals surface area contributed by atoms with Crippen LogP contribution in [0.25, 0.3) is 109 Å². The maximum absolute atomic E-state index is 2.45. The average Bonchev–Trinajstić information content (AvgIpc) is 3.23. The summed E-state index contributed by atoms with van der Waals surface area (Å²) in [6.45, 7) is 0. The van der Waals surface area contributed by atoms with E-state index in [-0.39, 0.29) is 0 Å². The van der Waals surface area contributed by atoms with Gasteiger partial charge in [0.1, 0.15) is 0 Å². The highest BCUT2D eigenvalue weighted by atomic mass is 14.2. The Labute approximate surface area is 301 Å². The standard InChI is InChI=1S/C52H32/c1-4-14-33(15-5-1)36-24-27-43-46(30-36)39-20-10-12-22-41(39)51-49(43)45-29-26-38(35-18-8-3-9-19-35)32-48(45)50-44-28-25-37(34-16-6-2-7-17-34)31-47(44)40-21-11-13-23-42(40)52(50)51/h1-32H. The fourth-order valence-corrected chi connectivity index (χ4v) is 8.86. The molecule has 0 saturated heterocycles. The molecule has 0 atom stereocenters. The van der Waals surface area contributed by atoms with Crippen molar-refractivity contribution in [3.8, 4) is 33.4 Å². The minimum absolute atomic E-state index is 1.23. The van der Waals surface area contributed by atoms with Gasteiger partial charge in [0.15, 0.2) is 0 Å². The van der Waals surface area contributed by atoms with Crippen molar-refractivity contribution in [1.29, 1.82) is 0 Å². The van der Waals surface area contributed by atoms with Crippen LogP contribution in [-0.2, 0) is 0 Å². The van der Waals surface area contributed by atoms with Gasteiger partial charge in [-0.15, -0.1) is 0 Å². The van der Waals surface area contributed by atoms with Crippen LogP contribution in [0.4, 0.5) is 0 Å². The van der Waals surface area contributed by atoms with E-state index in [9.17, 15) is 0 Å². The third-order valence-corrected chi connectivity index (χ3v) is 11.2. The molecule has 0 aliphatic rings. The molecule has 11 aromatic rings. The van der Waals surface area contributed by atoms with E-state index in [1.807, 2.05) is 0 Å². The Morgan fingerprint density at radius 2 is 0.442 bits per heavy atom. The molecule has 0 spiro atoms. The first-order chi connectivity index (χ1) is 25.8. The molecule has 0 unspecified atom stereocenters. The van der Waals surface area contributed by atoms with Crippen LogP contribution in [0.2, 0.25) is 0 Å². The van der Waals surface area contributed by atoms with E-state index in [2.05, 4.69) is 194 Å². The third kappa shape index (κ3) is 4.28. The SMILES string of the molecule is c1ccc(-c2ccc3c(c2)c2ccccc2c2c3c3ccc(-c4ccccc4)cc3c3c4ccc(-c5ccccc5)cc4c4ccccc4c32)cc1. The molecular weight excluding hydrogens is 625 g/mol. The molecular formula is C52H32. The molecule has 0 aliphatic heterocycles. The molecule has 0 radical (unpaired) electrons. The van der Waals surface area contributed by atoms with Crippen LogP contribution in [0.3, 0.4) is 0 Å². The second-order valence-electron chi connectivity index (χ2n) is 14.0. The molecule has 0 aromatic heterocycles. The zero-order valence-corrected chi connectivity index (χ0v) is 28.5. The van der Waals surface area contributed by atoms with Crippen LogP contribution >= 0.6 is 0 Å². The van der Waals surface area contributed by atoms with E-state index < -0.39 is 0 Å². The summed E-state index contributed by atoms with van der Waals surface area (Å²) in [4.78, 5) is 0. The molecule has 0 heterocycles. The number of benzene rings is 11. The molecule has 0 saturated carbocycles. The zero-order valence-electron chi connectivity index (χ0n) is 28.5. The summed E-state index contributed by atoms with van der Waals surface area (Å²) < 4.78 is 0. The smallest absolute Gasteiger partial charge is 0.000741 e. The minimum atomic E-state index is 1.23. The van der Waals surface area contributed by atoms with Crippen molar-refractivity contribution in [2.24, 2.45) is 0 Å². The molecule has 11 rings (SSSR count). The van der Waals surface area contributed by atoms with Crippen LogP contribution in [0.15, 0.2) is 194 Å². The summed E-state index contributed by atoms with van der Waals surface area (Å²) in [6, 6.07) is 71.8. The van der Waals surface area contributed by atoms with E-state index in [0.29, 0.717) is 0 Å². The predicted molar refractivity (Wildman–Crippen MR) is 225 cm³/mol. The maximum atomic E-state index is 2.45. The molecule has 52 heavy (non-hydrogen) atoms. The van der Waals surface area contributed by atoms with Gasteiger partial charge in [0.2, 0.25) is 0 Å². The Balaban J connectivity index is 1.40. The summed E-state index contributed by atoms with van der Waals surface area (Å²) in [7, 11) is 0. The van der Waals surface area contributed by atoms with E-state index in [4.69, 9.17) is 0 Å². The third-order valence-electron chi connectivity index (χ3n) is 11.2. The number of hydrogen-bond donors (Lipinski definition) is 0. The molecule has 0 amide bonds. The molecule has 0 fully saturated rings. The van der Waals surface area contributed by atoms with Gasteiger partial charge in [-0.2, -0.15) is 0 Å². The normalized spacial score (nSPS) is 11.8.